The molecule has 2 rings (SSSR count). The molecular weight excluding hydrogens is 254 g/mol. The molecule has 0 aliphatic carbocycles. The number of benzene rings is 1. The molecule has 2 nitrogen and oxygen atoms in total. The third-order valence-corrected chi connectivity index (χ3v) is 3.22. The van der Waals surface area contributed by atoms with Crippen molar-refractivity contribution in [2.24, 2.45) is 0 Å². The van der Waals surface area contributed by atoms with Crippen molar-refractivity contribution in [2.75, 3.05) is 11.9 Å². The van der Waals surface area contributed by atoms with E-state index in [1.165, 1.54) is 5.56 Å². The zero-order chi connectivity index (χ0) is 11.1. The normalized spacial score (nSPS) is 17.6. The van der Waals surface area contributed by atoms with Gasteiger partial charge in [0.1, 0.15) is 11.4 Å². The second kappa shape index (κ2) is 3.71. The van der Waals surface area contributed by atoms with E-state index in [9.17, 15) is 0 Å². The van der Waals surface area contributed by atoms with Gasteiger partial charge in [0.05, 0.1) is 12.2 Å². The Kier molecular flexibility index (Phi) is 2.67. The second-order valence-electron chi connectivity index (χ2n) is 4.52. The molecule has 0 amide bonds. The van der Waals surface area contributed by atoms with Crippen molar-refractivity contribution in [2.45, 2.75) is 32.8 Å². The van der Waals surface area contributed by atoms with Crippen molar-refractivity contribution in [3.8, 4) is 5.75 Å². The average Bonchev–Trinajstić information content (AvgIpc) is 2.15. The van der Waals surface area contributed by atoms with Crippen molar-refractivity contribution in [1.29, 1.82) is 0 Å². The van der Waals surface area contributed by atoms with Crippen LogP contribution in [0.3, 0.4) is 0 Å². The molecule has 3 heteroatoms. The lowest BCUT2D eigenvalue weighted by Gasteiger charge is -2.34. The SMILES string of the molecule is CCc1cc(Br)c2c(c1)OC(C)(C)CN2. The van der Waals surface area contributed by atoms with Crippen LogP contribution in [-0.2, 0) is 6.42 Å². The summed E-state index contributed by atoms with van der Waals surface area (Å²) in [4.78, 5) is 0. The maximum atomic E-state index is 5.95. The van der Waals surface area contributed by atoms with Gasteiger partial charge in [-0.25, -0.2) is 0 Å². The summed E-state index contributed by atoms with van der Waals surface area (Å²) in [6.45, 7) is 7.17. The van der Waals surface area contributed by atoms with Gasteiger partial charge in [0.2, 0.25) is 0 Å². The van der Waals surface area contributed by atoms with Gasteiger partial charge in [-0.3, -0.25) is 0 Å². The molecule has 0 radical (unpaired) electrons. The lowest BCUT2D eigenvalue weighted by Crippen LogP contribution is -2.40. The van der Waals surface area contributed by atoms with Gasteiger partial charge in [-0.1, -0.05) is 6.92 Å². The van der Waals surface area contributed by atoms with E-state index >= 15 is 0 Å². The third kappa shape index (κ3) is 2.12. The smallest absolute Gasteiger partial charge is 0.144 e. The van der Waals surface area contributed by atoms with E-state index in [2.05, 4.69) is 54.2 Å². The maximum Gasteiger partial charge on any atom is 0.144 e. The first kappa shape index (κ1) is 10.8. The Labute approximate surface area is 99.1 Å². The lowest BCUT2D eigenvalue weighted by molar-refractivity contribution is 0.116. The number of hydrogen-bond acceptors (Lipinski definition) is 2. The van der Waals surface area contributed by atoms with Gasteiger partial charge in [-0.2, -0.15) is 0 Å². The van der Waals surface area contributed by atoms with E-state index in [0.29, 0.717) is 0 Å². The minimum Gasteiger partial charge on any atom is -0.484 e. The van der Waals surface area contributed by atoms with E-state index < -0.39 is 0 Å². The van der Waals surface area contributed by atoms with Crippen LogP contribution < -0.4 is 10.1 Å². The highest BCUT2D eigenvalue weighted by Crippen LogP contribution is 2.39. The van der Waals surface area contributed by atoms with Gasteiger partial charge >= 0.3 is 0 Å². The molecule has 0 atom stereocenters. The van der Waals surface area contributed by atoms with Crippen molar-refractivity contribution in [1.82, 2.24) is 0 Å². The largest absolute Gasteiger partial charge is 0.484 e. The fourth-order valence-electron chi connectivity index (χ4n) is 1.73. The van der Waals surface area contributed by atoms with E-state index in [1.54, 1.807) is 0 Å². The van der Waals surface area contributed by atoms with Crippen molar-refractivity contribution < 1.29 is 4.74 Å². The van der Waals surface area contributed by atoms with Crippen LogP contribution in [0.2, 0.25) is 0 Å². The molecule has 0 aromatic heterocycles. The monoisotopic (exact) mass is 269 g/mol. The van der Waals surface area contributed by atoms with Gasteiger partial charge in [-0.05, 0) is 53.9 Å². The number of fused-ring (bicyclic) bond motifs is 1. The summed E-state index contributed by atoms with van der Waals surface area (Å²) in [5.74, 6) is 0.956. The molecule has 0 saturated carbocycles. The molecule has 0 spiro atoms. The van der Waals surface area contributed by atoms with Crippen LogP contribution in [0.25, 0.3) is 0 Å². The Morgan fingerprint density at radius 2 is 2.20 bits per heavy atom. The van der Waals surface area contributed by atoms with Crippen LogP contribution in [0.4, 0.5) is 5.69 Å². The standard InChI is InChI=1S/C12H16BrNO/c1-4-8-5-9(13)11-10(6-8)15-12(2,3)7-14-11/h5-6,14H,4,7H2,1-3H3. The summed E-state index contributed by atoms with van der Waals surface area (Å²) in [5.41, 5.74) is 2.24. The molecule has 15 heavy (non-hydrogen) atoms. The minimum absolute atomic E-state index is 0.126. The Bertz CT molecular complexity index is 387. The van der Waals surface area contributed by atoms with E-state index in [-0.39, 0.29) is 5.60 Å². The summed E-state index contributed by atoms with van der Waals surface area (Å²) < 4.78 is 7.04. The van der Waals surface area contributed by atoms with Crippen LogP contribution in [-0.4, -0.2) is 12.1 Å². The predicted molar refractivity (Wildman–Crippen MR) is 66.7 cm³/mol. The molecule has 0 saturated heterocycles. The Hall–Kier alpha value is -0.700. The number of aryl methyl sites for hydroxylation is 1. The molecule has 1 aromatic rings. The van der Waals surface area contributed by atoms with Gasteiger partial charge in [0.15, 0.2) is 0 Å². The Balaban J connectivity index is 2.44. The Morgan fingerprint density at radius 3 is 2.87 bits per heavy atom. The quantitative estimate of drug-likeness (QED) is 0.842. The fraction of sp³-hybridized carbons (Fsp3) is 0.500. The number of ether oxygens (including phenoxy) is 1. The second-order valence-corrected chi connectivity index (χ2v) is 5.37. The number of nitrogens with one attached hydrogen (secondary N) is 1. The third-order valence-electron chi connectivity index (χ3n) is 2.60. The Morgan fingerprint density at radius 1 is 1.47 bits per heavy atom. The molecule has 82 valence electrons. The molecule has 1 aliphatic heterocycles. The first-order chi connectivity index (χ1) is 7.02. The summed E-state index contributed by atoms with van der Waals surface area (Å²) in [6, 6.07) is 4.27. The van der Waals surface area contributed by atoms with Crippen molar-refractivity contribution >= 4 is 21.6 Å². The highest BCUT2D eigenvalue weighted by atomic mass is 79.9. The number of hydrogen-bond donors (Lipinski definition) is 1. The predicted octanol–water partition coefficient (Wildman–Crippen LogP) is 3.59. The van der Waals surface area contributed by atoms with Gasteiger partial charge in [0.25, 0.3) is 0 Å². The van der Waals surface area contributed by atoms with E-state index in [1.807, 2.05) is 0 Å². The highest BCUT2D eigenvalue weighted by Gasteiger charge is 2.27. The molecule has 1 aliphatic rings. The number of halogens is 1. The van der Waals surface area contributed by atoms with E-state index in [0.717, 1.165) is 28.9 Å². The molecule has 0 unspecified atom stereocenters. The molecular formula is C12H16BrNO. The van der Waals surface area contributed by atoms with Gasteiger partial charge in [0, 0.05) is 4.47 Å². The molecule has 0 bridgehead atoms. The van der Waals surface area contributed by atoms with E-state index in [4.69, 9.17) is 4.74 Å². The topological polar surface area (TPSA) is 21.3 Å². The zero-order valence-corrected chi connectivity index (χ0v) is 10.9. The van der Waals surface area contributed by atoms with Gasteiger partial charge < -0.3 is 10.1 Å². The fourth-order valence-corrected chi connectivity index (χ4v) is 2.36. The molecule has 0 fully saturated rings. The van der Waals surface area contributed by atoms with Crippen molar-refractivity contribution in [3.05, 3.63) is 22.2 Å². The zero-order valence-electron chi connectivity index (χ0n) is 9.36. The number of anilines is 1. The first-order valence-electron chi connectivity index (χ1n) is 5.27. The highest BCUT2D eigenvalue weighted by molar-refractivity contribution is 9.10. The van der Waals surface area contributed by atoms with Crippen molar-refractivity contribution in [3.63, 3.8) is 0 Å². The van der Waals surface area contributed by atoms with Crippen LogP contribution in [0, 0.1) is 0 Å². The van der Waals surface area contributed by atoms with Crippen LogP contribution in [0.5, 0.6) is 5.75 Å². The van der Waals surface area contributed by atoms with Gasteiger partial charge in [-0.15, -0.1) is 0 Å². The number of rotatable bonds is 1. The summed E-state index contributed by atoms with van der Waals surface area (Å²) in [7, 11) is 0. The molecule has 1 N–H and O–H groups in total. The molecule has 1 heterocycles. The lowest BCUT2D eigenvalue weighted by atomic mass is 10.1. The van der Waals surface area contributed by atoms with Crippen LogP contribution in [0.15, 0.2) is 16.6 Å². The average molecular weight is 270 g/mol. The van der Waals surface area contributed by atoms with Crippen LogP contribution in [0.1, 0.15) is 26.3 Å². The molecule has 1 aromatic carbocycles. The maximum absolute atomic E-state index is 5.95. The first-order valence-corrected chi connectivity index (χ1v) is 6.06. The summed E-state index contributed by atoms with van der Waals surface area (Å²) >= 11 is 3.57. The summed E-state index contributed by atoms with van der Waals surface area (Å²) in [5, 5.41) is 3.40. The summed E-state index contributed by atoms with van der Waals surface area (Å²) in [6.07, 6.45) is 1.02. The minimum atomic E-state index is -0.126. The van der Waals surface area contributed by atoms with Crippen LogP contribution >= 0.6 is 15.9 Å².